The van der Waals surface area contributed by atoms with E-state index in [-0.39, 0.29) is 18.3 Å². The third kappa shape index (κ3) is 3.53. The van der Waals surface area contributed by atoms with Crippen LogP contribution in [0.2, 0.25) is 10.0 Å². The zero-order valence-electron chi connectivity index (χ0n) is 11.3. The van der Waals surface area contributed by atoms with Gasteiger partial charge in [-0.3, -0.25) is 15.3 Å². The highest BCUT2D eigenvalue weighted by Gasteiger charge is 2.21. The van der Waals surface area contributed by atoms with E-state index in [1.165, 1.54) is 0 Å². The highest BCUT2D eigenvalue weighted by Crippen LogP contribution is 2.28. The monoisotopic (exact) mass is 343 g/mol. The van der Waals surface area contributed by atoms with Crippen LogP contribution in [0.5, 0.6) is 0 Å². The zero-order chi connectivity index (χ0) is 16.3. The molecule has 0 unspecified atom stereocenters. The van der Waals surface area contributed by atoms with Gasteiger partial charge >= 0.3 is 5.69 Å². The summed E-state index contributed by atoms with van der Waals surface area (Å²) in [5.74, 6) is -0.128. The molecular weight excluding hydrogens is 333 g/mol. The molecule has 10 heteroatoms. The molecular formula is C12H11Cl2N5O3. The van der Waals surface area contributed by atoms with Crippen molar-refractivity contribution < 1.29 is 10.1 Å². The summed E-state index contributed by atoms with van der Waals surface area (Å²) < 4.78 is 0. The van der Waals surface area contributed by atoms with Gasteiger partial charge in [0.2, 0.25) is 11.8 Å². The van der Waals surface area contributed by atoms with Crippen molar-refractivity contribution in [2.75, 3.05) is 16.9 Å². The van der Waals surface area contributed by atoms with Gasteiger partial charge in [0.25, 0.3) is 0 Å². The van der Waals surface area contributed by atoms with Gasteiger partial charge in [0, 0.05) is 12.2 Å². The molecule has 0 aliphatic carbocycles. The average molecular weight is 344 g/mol. The Kier molecular flexibility index (Phi) is 4.96. The Labute approximate surface area is 135 Å². The zero-order valence-corrected chi connectivity index (χ0v) is 12.8. The van der Waals surface area contributed by atoms with E-state index in [1.807, 2.05) is 0 Å². The maximum Gasteiger partial charge on any atom is 0.331 e. The van der Waals surface area contributed by atoms with Gasteiger partial charge in [-0.1, -0.05) is 23.2 Å². The predicted octanol–water partition coefficient (Wildman–Crippen LogP) is 3.65. The number of anilines is 3. The second-order valence-corrected chi connectivity index (χ2v) is 4.94. The number of hydrogen-bond donors (Lipinski definition) is 2. The van der Waals surface area contributed by atoms with Crippen molar-refractivity contribution in [2.24, 2.45) is 0 Å². The fourth-order valence-electron chi connectivity index (χ4n) is 1.60. The van der Waals surface area contributed by atoms with Crippen LogP contribution < -0.4 is 10.4 Å². The molecule has 8 nitrogen and oxygen atoms in total. The maximum atomic E-state index is 10.9. The van der Waals surface area contributed by atoms with Gasteiger partial charge in [0.1, 0.15) is 6.20 Å². The number of hydrogen-bond acceptors (Lipinski definition) is 7. The lowest BCUT2D eigenvalue weighted by Crippen LogP contribution is -2.20. The van der Waals surface area contributed by atoms with Gasteiger partial charge in [-0.15, -0.1) is 0 Å². The normalized spacial score (nSPS) is 10.4. The fourth-order valence-corrected chi connectivity index (χ4v) is 1.90. The number of nitrogens with zero attached hydrogens (tertiary/aromatic N) is 4. The molecule has 0 atom stereocenters. The van der Waals surface area contributed by atoms with Crippen LogP contribution in [0.4, 0.5) is 23.1 Å². The van der Waals surface area contributed by atoms with Crippen molar-refractivity contribution in [3.05, 3.63) is 44.6 Å². The third-order valence-corrected chi connectivity index (χ3v) is 3.41. The van der Waals surface area contributed by atoms with Crippen LogP contribution in [0, 0.1) is 10.1 Å². The van der Waals surface area contributed by atoms with Crippen molar-refractivity contribution >= 4 is 46.3 Å². The van der Waals surface area contributed by atoms with E-state index in [1.54, 1.807) is 25.1 Å². The van der Waals surface area contributed by atoms with E-state index in [9.17, 15) is 15.3 Å². The minimum atomic E-state index is -0.669. The molecule has 2 aromatic rings. The van der Waals surface area contributed by atoms with Crippen LogP contribution >= 0.6 is 23.2 Å². The van der Waals surface area contributed by atoms with Crippen LogP contribution in [0.15, 0.2) is 24.4 Å². The number of rotatable bonds is 5. The van der Waals surface area contributed by atoms with Gasteiger partial charge in [-0.2, -0.15) is 4.98 Å². The molecule has 0 bridgehead atoms. The molecule has 116 valence electrons. The van der Waals surface area contributed by atoms with E-state index in [4.69, 9.17) is 23.2 Å². The third-order valence-electron chi connectivity index (χ3n) is 2.67. The first kappa shape index (κ1) is 16.2. The molecule has 0 aliphatic rings. The molecule has 2 N–H and O–H groups in total. The number of nitro groups is 1. The van der Waals surface area contributed by atoms with Crippen LogP contribution in [0.3, 0.4) is 0 Å². The highest BCUT2D eigenvalue weighted by molar-refractivity contribution is 6.42. The molecule has 1 aromatic heterocycles. The molecule has 0 fully saturated rings. The minimum Gasteiger partial charge on any atom is -0.324 e. The topological polar surface area (TPSA) is 104 Å². The number of aromatic nitrogens is 2. The first-order chi connectivity index (χ1) is 10.4. The van der Waals surface area contributed by atoms with Gasteiger partial charge in [-0.25, -0.2) is 10.0 Å². The molecule has 2 rings (SSSR count). The lowest BCUT2D eigenvalue weighted by Gasteiger charge is -2.14. The number of benzene rings is 1. The maximum absolute atomic E-state index is 10.9. The van der Waals surface area contributed by atoms with Gasteiger partial charge in [0.05, 0.1) is 15.0 Å². The number of nitrogens with one attached hydrogen (secondary N) is 1. The molecule has 0 amide bonds. The van der Waals surface area contributed by atoms with Crippen LogP contribution in [0.25, 0.3) is 0 Å². The smallest absolute Gasteiger partial charge is 0.324 e. The summed E-state index contributed by atoms with van der Waals surface area (Å²) in [6.45, 7) is 1.75. The second kappa shape index (κ2) is 6.73. The van der Waals surface area contributed by atoms with Crippen LogP contribution in [0.1, 0.15) is 6.92 Å². The standard InChI is InChI=1S/C12H11Cl2N5O3/c1-2-18(20)11-10(19(21)22)6-15-12(17-11)16-7-3-4-8(13)9(14)5-7/h3-6,20H,2H2,1H3,(H,15,16,17). The molecule has 1 heterocycles. The summed E-state index contributed by atoms with van der Waals surface area (Å²) >= 11 is 11.7. The predicted molar refractivity (Wildman–Crippen MR) is 83.2 cm³/mol. The Hall–Kier alpha value is -2.16. The molecule has 22 heavy (non-hydrogen) atoms. The lowest BCUT2D eigenvalue weighted by atomic mass is 10.3. The number of hydroxylamine groups is 1. The van der Waals surface area contributed by atoms with Crippen molar-refractivity contribution in [3.8, 4) is 0 Å². The first-order valence-corrected chi connectivity index (χ1v) is 6.88. The van der Waals surface area contributed by atoms with E-state index in [0.29, 0.717) is 20.8 Å². The van der Waals surface area contributed by atoms with Crippen molar-refractivity contribution in [2.45, 2.75) is 6.92 Å². The number of halogens is 2. The molecule has 0 saturated heterocycles. The second-order valence-electron chi connectivity index (χ2n) is 4.13. The van der Waals surface area contributed by atoms with Gasteiger partial charge < -0.3 is 5.32 Å². The van der Waals surface area contributed by atoms with E-state index < -0.39 is 10.6 Å². The van der Waals surface area contributed by atoms with Gasteiger partial charge in [0.15, 0.2) is 0 Å². The fraction of sp³-hybridized carbons (Fsp3) is 0.167. The van der Waals surface area contributed by atoms with Crippen molar-refractivity contribution in [1.82, 2.24) is 9.97 Å². The van der Waals surface area contributed by atoms with Crippen LogP contribution in [-0.2, 0) is 0 Å². The summed E-state index contributed by atoms with van der Waals surface area (Å²) in [7, 11) is 0. The molecule has 0 aliphatic heterocycles. The minimum absolute atomic E-state index is 0.0755. The van der Waals surface area contributed by atoms with E-state index in [2.05, 4.69) is 15.3 Å². The molecule has 0 spiro atoms. The van der Waals surface area contributed by atoms with E-state index >= 15 is 0 Å². The largest absolute Gasteiger partial charge is 0.331 e. The van der Waals surface area contributed by atoms with Crippen molar-refractivity contribution in [3.63, 3.8) is 0 Å². The molecule has 0 saturated carbocycles. The molecule has 0 radical (unpaired) electrons. The summed E-state index contributed by atoms with van der Waals surface area (Å²) in [5.41, 5.74) is 0.152. The Morgan fingerprint density at radius 2 is 2.14 bits per heavy atom. The summed E-state index contributed by atoms with van der Waals surface area (Å²) in [4.78, 5) is 18.1. The van der Waals surface area contributed by atoms with Crippen LogP contribution in [-0.4, -0.2) is 26.6 Å². The Morgan fingerprint density at radius 1 is 1.41 bits per heavy atom. The summed E-state index contributed by atoms with van der Waals surface area (Å²) in [5, 5.41) is 24.9. The Bertz CT molecular complexity index is 713. The Balaban J connectivity index is 2.35. The first-order valence-electron chi connectivity index (χ1n) is 6.12. The highest BCUT2D eigenvalue weighted by atomic mass is 35.5. The van der Waals surface area contributed by atoms with E-state index in [0.717, 1.165) is 6.20 Å². The SMILES string of the molecule is CCN(O)c1nc(Nc2ccc(Cl)c(Cl)c2)ncc1[N+](=O)[O-]. The quantitative estimate of drug-likeness (QED) is 0.630. The molecule has 1 aromatic carbocycles. The lowest BCUT2D eigenvalue weighted by molar-refractivity contribution is -0.384. The van der Waals surface area contributed by atoms with Crippen molar-refractivity contribution in [1.29, 1.82) is 0 Å². The van der Waals surface area contributed by atoms with Gasteiger partial charge in [-0.05, 0) is 25.1 Å². The summed E-state index contributed by atoms with van der Waals surface area (Å²) in [6, 6.07) is 4.79. The Morgan fingerprint density at radius 3 is 2.73 bits per heavy atom. The summed E-state index contributed by atoms with van der Waals surface area (Å²) in [6.07, 6.45) is 1.01. The average Bonchev–Trinajstić information content (AvgIpc) is 2.50.